The second-order valence-electron chi connectivity index (χ2n) is 5.62. The molecule has 2 heteroatoms. The number of para-hydroxylation sites is 1. The molecule has 0 aliphatic heterocycles. The molecule has 2 N–H and O–H groups in total. The van der Waals surface area contributed by atoms with E-state index < -0.39 is 0 Å². The lowest BCUT2D eigenvalue weighted by Gasteiger charge is -2.17. The van der Waals surface area contributed by atoms with Crippen LogP contribution in [0.2, 0.25) is 0 Å². The van der Waals surface area contributed by atoms with Crippen LogP contribution in [0.25, 0.3) is 0 Å². The third-order valence-electron chi connectivity index (χ3n) is 3.81. The molecular formula is C19H25NO. The maximum absolute atomic E-state index is 6.41. The molecule has 0 saturated heterocycles. The molecule has 2 aromatic carbocycles. The third-order valence-corrected chi connectivity index (χ3v) is 3.81. The second kappa shape index (κ2) is 7.28. The van der Waals surface area contributed by atoms with Crippen LogP contribution in [0.1, 0.15) is 41.6 Å². The average molecular weight is 283 g/mol. The highest BCUT2D eigenvalue weighted by Crippen LogP contribution is 2.26. The van der Waals surface area contributed by atoms with Crippen molar-refractivity contribution in [3.05, 3.63) is 64.7 Å². The molecule has 1 atom stereocenters. The van der Waals surface area contributed by atoms with Crippen LogP contribution in [0.15, 0.2) is 42.5 Å². The molecule has 2 aromatic rings. The van der Waals surface area contributed by atoms with Crippen molar-refractivity contribution < 1.29 is 4.74 Å². The molecule has 0 radical (unpaired) electrons. The largest absolute Gasteiger partial charge is 0.493 e. The van der Waals surface area contributed by atoms with E-state index in [1.54, 1.807) is 0 Å². The summed E-state index contributed by atoms with van der Waals surface area (Å²) in [6, 6.07) is 14.6. The fraction of sp³-hybridized carbons (Fsp3) is 0.368. The Bertz CT molecular complexity index is 592. The predicted molar refractivity (Wildman–Crippen MR) is 88.8 cm³/mol. The Morgan fingerprint density at radius 1 is 1.05 bits per heavy atom. The number of hydrogen-bond donors (Lipinski definition) is 1. The molecule has 112 valence electrons. The van der Waals surface area contributed by atoms with E-state index in [0.29, 0.717) is 0 Å². The minimum atomic E-state index is -0.0415. The van der Waals surface area contributed by atoms with Crippen molar-refractivity contribution in [2.24, 2.45) is 5.73 Å². The SMILES string of the molecule is CCCOc1ccccc1C(N)Cc1ccc(C)c(C)c1. The fourth-order valence-electron chi connectivity index (χ4n) is 2.42. The summed E-state index contributed by atoms with van der Waals surface area (Å²) in [5.41, 5.74) is 11.4. The number of benzene rings is 2. The van der Waals surface area contributed by atoms with E-state index in [1.165, 1.54) is 16.7 Å². The molecule has 0 saturated carbocycles. The first kappa shape index (κ1) is 15.6. The molecule has 0 aliphatic carbocycles. The van der Waals surface area contributed by atoms with Gasteiger partial charge in [-0.05, 0) is 49.4 Å². The number of ether oxygens (including phenoxy) is 1. The molecule has 0 heterocycles. The molecule has 2 rings (SSSR count). The topological polar surface area (TPSA) is 35.2 Å². The summed E-state index contributed by atoms with van der Waals surface area (Å²) in [7, 11) is 0. The zero-order valence-corrected chi connectivity index (χ0v) is 13.2. The van der Waals surface area contributed by atoms with E-state index in [-0.39, 0.29) is 6.04 Å². The van der Waals surface area contributed by atoms with Crippen molar-refractivity contribution >= 4 is 0 Å². The van der Waals surface area contributed by atoms with Crippen LogP contribution in [0.3, 0.4) is 0 Å². The van der Waals surface area contributed by atoms with Crippen molar-refractivity contribution in [3.8, 4) is 5.75 Å². The molecule has 0 amide bonds. The quantitative estimate of drug-likeness (QED) is 0.856. The van der Waals surface area contributed by atoms with Gasteiger partial charge in [0, 0.05) is 11.6 Å². The summed E-state index contributed by atoms with van der Waals surface area (Å²) in [5.74, 6) is 0.913. The summed E-state index contributed by atoms with van der Waals surface area (Å²) < 4.78 is 5.81. The van der Waals surface area contributed by atoms with Gasteiger partial charge in [0.2, 0.25) is 0 Å². The zero-order valence-electron chi connectivity index (χ0n) is 13.2. The van der Waals surface area contributed by atoms with E-state index in [2.05, 4.69) is 45.0 Å². The Morgan fingerprint density at radius 3 is 2.52 bits per heavy atom. The maximum Gasteiger partial charge on any atom is 0.124 e. The summed E-state index contributed by atoms with van der Waals surface area (Å²) in [5, 5.41) is 0. The molecule has 21 heavy (non-hydrogen) atoms. The monoisotopic (exact) mass is 283 g/mol. The van der Waals surface area contributed by atoms with Crippen molar-refractivity contribution in [2.45, 2.75) is 39.7 Å². The Kier molecular flexibility index (Phi) is 5.40. The van der Waals surface area contributed by atoms with Crippen LogP contribution in [-0.4, -0.2) is 6.61 Å². The van der Waals surface area contributed by atoms with Gasteiger partial charge in [-0.25, -0.2) is 0 Å². The number of hydrogen-bond acceptors (Lipinski definition) is 2. The van der Waals surface area contributed by atoms with E-state index in [1.807, 2.05) is 18.2 Å². The highest BCUT2D eigenvalue weighted by molar-refractivity contribution is 5.38. The van der Waals surface area contributed by atoms with Crippen LogP contribution in [-0.2, 0) is 6.42 Å². The van der Waals surface area contributed by atoms with Gasteiger partial charge < -0.3 is 10.5 Å². The van der Waals surface area contributed by atoms with Crippen LogP contribution in [0.4, 0.5) is 0 Å². The molecular weight excluding hydrogens is 258 g/mol. The lowest BCUT2D eigenvalue weighted by molar-refractivity contribution is 0.312. The lowest BCUT2D eigenvalue weighted by Crippen LogP contribution is -2.15. The first-order valence-corrected chi connectivity index (χ1v) is 7.65. The molecule has 0 aromatic heterocycles. The van der Waals surface area contributed by atoms with Gasteiger partial charge in [0.15, 0.2) is 0 Å². The highest BCUT2D eigenvalue weighted by atomic mass is 16.5. The van der Waals surface area contributed by atoms with E-state index in [0.717, 1.165) is 30.8 Å². The van der Waals surface area contributed by atoms with Crippen LogP contribution in [0, 0.1) is 13.8 Å². The van der Waals surface area contributed by atoms with Crippen LogP contribution in [0.5, 0.6) is 5.75 Å². The molecule has 2 nitrogen and oxygen atoms in total. The smallest absolute Gasteiger partial charge is 0.124 e. The van der Waals surface area contributed by atoms with Gasteiger partial charge in [-0.2, -0.15) is 0 Å². The molecule has 0 fully saturated rings. The van der Waals surface area contributed by atoms with Gasteiger partial charge in [-0.15, -0.1) is 0 Å². The second-order valence-corrected chi connectivity index (χ2v) is 5.62. The van der Waals surface area contributed by atoms with Crippen molar-refractivity contribution in [1.29, 1.82) is 0 Å². The molecule has 0 spiro atoms. The fourth-order valence-corrected chi connectivity index (χ4v) is 2.42. The van der Waals surface area contributed by atoms with Crippen molar-refractivity contribution in [1.82, 2.24) is 0 Å². The molecule has 1 unspecified atom stereocenters. The zero-order chi connectivity index (χ0) is 15.2. The summed E-state index contributed by atoms with van der Waals surface area (Å²) >= 11 is 0. The minimum Gasteiger partial charge on any atom is -0.493 e. The number of aryl methyl sites for hydroxylation is 2. The Labute approximate surface area is 127 Å². The molecule has 0 aliphatic rings. The summed E-state index contributed by atoms with van der Waals surface area (Å²) in [4.78, 5) is 0. The standard InChI is InChI=1S/C19H25NO/c1-4-11-21-19-8-6-5-7-17(19)18(20)13-16-10-9-14(2)15(3)12-16/h5-10,12,18H,4,11,13,20H2,1-3H3. The third kappa shape index (κ3) is 4.08. The van der Waals surface area contributed by atoms with E-state index in [9.17, 15) is 0 Å². The van der Waals surface area contributed by atoms with Gasteiger partial charge in [-0.1, -0.05) is 43.3 Å². The van der Waals surface area contributed by atoms with E-state index in [4.69, 9.17) is 10.5 Å². The van der Waals surface area contributed by atoms with Gasteiger partial charge in [-0.3, -0.25) is 0 Å². The van der Waals surface area contributed by atoms with Crippen molar-refractivity contribution in [2.75, 3.05) is 6.61 Å². The summed E-state index contributed by atoms with van der Waals surface area (Å²) in [6.45, 7) is 7.11. The number of nitrogens with two attached hydrogens (primary N) is 1. The number of rotatable bonds is 6. The lowest BCUT2D eigenvalue weighted by atomic mass is 9.96. The minimum absolute atomic E-state index is 0.0415. The first-order valence-electron chi connectivity index (χ1n) is 7.65. The van der Waals surface area contributed by atoms with Crippen LogP contribution < -0.4 is 10.5 Å². The van der Waals surface area contributed by atoms with E-state index >= 15 is 0 Å². The van der Waals surface area contributed by atoms with Gasteiger partial charge >= 0.3 is 0 Å². The Hall–Kier alpha value is -1.80. The van der Waals surface area contributed by atoms with Gasteiger partial charge in [0.25, 0.3) is 0 Å². The first-order chi connectivity index (χ1) is 10.1. The normalized spacial score (nSPS) is 12.2. The highest BCUT2D eigenvalue weighted by Gasteiger charge is 2.12. The maximum atomic E-state index is 6.41. The summed E-state index contributed by atoms with van der Waals surface area (Å²) in [6.07, 6.45) is 1.83. The average Bonchev–Trinajstić information content (AvgIpc) is 2.49. The van der Waals surface area contributed by atoms with Gasteiger partial charge in [0.05, 0.1) is 6.61 Å². The van der Waals surface area contributed by atoms with Gasteiger partial charge in [0.1, 0.15) is 5.75 Å². The molecule has 0 bridgehead atoms. The van der Waals surface area contributed by atoms with Crippen LogP contribution >= 0.6 is 0 Å². The Morgan fingerprint density at radius 2 is 1.81 bits per heavy atom. The Balaban J connectivity index is 2.15. The van der Waals surface area contributed by atoms with Crippen molar-refractivity contribution in [3.63, 3.8) is 0 Å². The predicted octanol–water partition coefficient (Wildman–Crippen LogP) is 4.33.